The fourth-order valence-electron chi connectivity index (χ4n) is 5.09. The lowest BCUT2D eigenvalue weighted by atomic mass is 10.0. The molecule has 5 heteroatoms. The van der Waals surface area contributed by atoms with Gasteiger partial charge in [-0.15, -0.1) is 10.2 Å². The van der Waals surface area contributed by atoms with Crippen molar-refractivity contribution < 1.29 is 0 Å². The molecule has 3 aromatic rings. The van der Waals surface area contributed by atoms with E-state index in [1.165, 1.54) is 27.9 Å². The van der Waals surface area contributed by atoms with Crippen molar-refractivity contribution in [1.29, 1.82) is 0 Å². The van der Waals surface area contributed by atoms with Crippen molar-refractivity contribution >= 4 is 5.69 Å². The van der Waals surface area contributed by atoms with E-state index in [1.807, 2.05) is 13.8 Å². The molecule has 0 amide bonds. The summed E-state index contributed by atoms with van der Waals surface area (Å²) in [5, 5.41) is 9.15. The Bertz CT molecular complexity index is 1050. The summed E-state index contributed by atoms with van der Waals surface area (Å²) in [5.74, 6) is 2.21. The molecule has 0 aliphatic carbocycles. The second kappa shape index (κ2) is 11.0. The van der Waals surface area contributed by atoms with E-state index in [-0.39, 0.29) is 0 Å². The zero-order chi connectivity index (χ0) is 23.2. The molecule has 2 aliphatic heterocycles. The average Bonchev–Trinajstić information content (AvgIpc) is 3.15. The van der Waals surface area contributed by atoms with Gasteiger partial charge in [-0.1, -0.05) is 50.2 Å². The van der Waals surface area contributed by atoms with Crippen molar-refractivity contribution in [3.8, 4) is 11.4 Å². The second-order valence-electron chi connectivity index (χ2n) is 9.00. The van der Waals surface area contributed by atoms with Crippen LogP contribution in [0.1, 0.15) is 49.2 Å². The van der Waals surface area contributed by atoms with Crippen molar-refractivity contribution in [2.24, 2.45) is 0 Å². The van der Waals surface area contributed by atoms with Crippen LogP contribution in [0.15, 0.2) is 42.5 Å². The first-order valence-electron chi connectivity index (χ1n) is 12.7. The first-order valence-corrected chi connectivity index (χ1v) is 12.7. The average molecular weight is 446 g/mol. The number of aryl methyl sites for hydroxylation is 3. The quantitative estimate of drug-likeness (QED) is 0.535. The van der Waals surface area contributed by atoms with Gasteiger partial charge in [-0.2, -0.15) is 0 Å². The third kappa shape index (κ3) is 5.14. The van der Waals surface area contributed by atoms with E-state index in [4.69, 9.17) is 0 Å². The molecule has 33 heavy (non-hydrogen) atoms. The van der Waals surface area contributed by atoms with Gasteiger partial charge in [-0.05, 0) is 62.4 Å². The molecule has 0 radical (unpaired) electrons. The van der Waals surface area contributed by atoms with Gasteiger partial charge in [0.15, 0.2) is 5.82 Å². The highest BCUT2D eigenvalue weighted by Gasteiger charge is 2.21. The topological polar surface area (TPSA) is 37.2 Å². The number of benzene rings is 2. The van der Waals surface area contributed by atoms with E-state index in [0.717, 1.165) is 76.6 Å². The van der Waals surface area contributed by atoms with Crippen LogP contribution in [-0.2, 0) is 19.4 Å². The number of rotatable bonds is 5. The molecule has 176 valence electrons. The van der Waals surface area contributed by atoms with Crippen LogP contribution in [0.4, 0.5) is 5.69 Å². The van der Waals surface area contributed by atoms with Crippen LogP contribution in [0.5, 0.6) is 0 Å². The Morgan fingerprint density at radius 3 is 2.45 bits per heavy atom. The highest BCUT2D eigenvalue weighted by atomic mass is 15.3. The molecule has 0 atom stereocenters. The summed E-state index contributed by atoms with van der Waals surface area (Å²) in [6.45, 7) is 15.1. The van der Waals surface area contributed by atoms with E-state index in [0.29, 0.717) is 0 Å². The van der Waals surface area contributed by atoms with Crippen LogP contribution in [0.3, 0.4) is 0 Å². The minimum Gasteiger partial charge on any atom is -0.369 e. The predicted octanol–water partition coefficient (Wildman–Crippen LogP) is 5.29. The van der Waals surface area contributed by atoms with Crippen LogP contribution in [0, 0.1) is 13.8 Å². The lowest BCUT2D eigenvalue weighted by Gasteiger charge is -2.37. The van der Waals surface area contributed by atoms with Gasteiger partial charge in [0, 0.05) is 50.4 Å². The number of hydrogen-bond donors (Lipinski definition) is 0. The largest absolute Gasteiger partial charge is 0.369 e. The molecular formula is C28H39N5. The second-order valence-corrected chi connectivity index (χ2v) is 9.00. The summed E-state index contributed by atoms with van der Waals surface area (Å²) < 4.78 is 2.37. The Kier molecular flexibility index (Phi) is 7.81. The van der Waals surface area contributed by atoms with Crippen LogP contribution in [-0.4, -0.2) is 52.4 Å². The minimum absolute atomic E-state index is 1.01. The Hall–Kier alpha value is -2.66. The van der Waals surface area contributed by atoms with Crippen LogP contribution in [0.25, 0.3) is 11.4 Å². The molecule has 2 aliphatic rings. The standard InChI is InChI=1S/C26H33N5.C2H6/c1-20-8-5-12-24(21(20)2)30-18-16-29(17-19-30)14-7-13-25-27-28-26-23-11-4-3-9-22(23)10-6-15-31(25)26;1-2/h3-5,8-9,11-12H,6-7,10,13-19H2,1-2H3;1-2H3. The maximum atomic E-state index is 4.58. The van der Waals surface area contributed by atoms with Gasteiger partial charge >= 0.3 is 0 Å². The lowest BCUT2D eigenvalue weighted by Crippen LogP contribution is -2.47. The van der Waals surface area contributed by atoms with E-state index in [2.05, 4.69) is 80.9 Å². The summed E-state index contributed by atoms with van der Waals surface area (Å²) in [7, 11) is 0. The zero-order valence-electron chi connectivity index (χ0n) is 20.8. The molecule has 0 bridgehead atoms. The third-order valence-corrected chi connectivity index (χ3v) is 7.08. The first-order chi connectivity index (χ1) is 16.2. The van der Waals surface area contributed by atoms with E-state index < -0.39 is 0 Å². The monoisotopic (exact) mass is 445 g/mol. The van der Waals surface area contributed by atoms with Crippen molar-refractivity contribution in [2.75, 3.05) is 37.6 Å². The predicted molar refractivity (Wildman–Crippen MR) is 138 cm³/mol. The summed E-state index contributed by atoms with van der Waals surface area (Å²) in [5.41, 5.74) is 6.88. The maximum Gasteiger partial charge on any atom is 0.164 e. The van der Waals surface area contributed by atoms with Crippen molar-refractivity contribution in [3.63, 3.8) is 0 Å². The molecule has 5 rings (SSSR count). The van der Waals surface area contributed by atoms with Gasteiger partial charge in [0.05, 0.1) is 0 Å². The number of aromatic nitrogens is 3. The third-order valence-electron chi connectivity index (χ3n) is 7.08. The number of fused-ring (bicyclic) bond motifs is 3. The van der Waals surface area contributed by atoms with Crippen molar-refractivity contribution in [1.82, 2.24) is 19.7 Å². The molecular weight excluding hydrogens is 406 g/mol. The highest BCUT2D eigenvalue weighted by molar-refractivity contribution is 5.61. The highest BCUT2D eigenvalue weighted by Crippen LogP contribution is 2.28. The molecule has 0 saturated carbocycles. The molecule has 0 spiro atoms. The van der Waals surface area contributed by atoms with Gasteiger partial charge in [0.1, 0.15) is 5.82 Å². The smallest absolute Gasteiger partial charge is 0.164 e. The van der Waals surface area contributed by atoms with Gasteiger partial charge in [0.2, 0.25) is 0 Å². The summed E-state index contributed by atoms with van der Waals surface area (Å²) in [6, 6.07) is 15.3. The fraction of sp³-hybridized carbons (Fsp3) is 0.500. The molecule has 3 heterocycles. The van der Waals surface area contributed by atoms with Gasteiger partial charge < -0.3 is 9.47 Å². The molecule has 1 fully saturated rings. The van der Waals surface area contributed by atoms with Gasteiger partial charge in [0.25, 0.3) is 0 Å². The van der Waals surface area contributed by atoms with Gasteiger partial charge in [-0.25, -0.2) is 0 Å². The summed E-state index contributed by atoms with van der Waals surface area (Å²) in [4.78, 5) is 5.16. The van der Waals surface area contributed by atoms with Crippen LogP contribution >= 0.6 is 0 Å². The van der Waals surface area contributed by atoms with Crippen molar-refractivity contribution in [2.45, 2.75) is 59.9 Å². The first kappa shape index (κ1) is 23.5. The summed E-state index contributed by atoms with van der Waals surface area (Å²) >= 11 is 0. The number of anilines is 1. The number of nitrogens with zero attached hydrogens (tertiary/aromatic N) is 5. The Morgan fingerprint density at radius 1 is 0.848 bits per heavy atom. The molecule has 1 saturated heterocycles. The maximum absolute atomic E-state index is 4.58. The molecule has 2 aromatic carbocycles. The van der Waals surface area contributed by atoms with Gasteiger partial charge in [-0.3, -0.25) is 4.90 Å². The van der Waals surface area contributed by atoms with Crippen LogP contribution in [0.2, 0.25) is 0 Å². The van der Waals surface area contributed by atoms with Crippen LogP contribution < -0.4 is 4.90 Å². The summed E-state index contributed by atoms with van der Waals surface area (Å²) in [6.07, 6.45) is 4.44. The van der Waals surface area contributed by atoms with E-state index >= 15 is 0 Å². The Balaban J connectivity index is 0.00000126. The zero-order valence-corrected chi connectivity index (χ0v) is 20.8. The van der Waals surface area contributed by atoms with Crippen molar-refractivity contribution in [3.05, 3.63) is 65.0 Å². The molecule has 0 N–H and O–H groups in total. The molecule has 1 aromatic heterocycles. The molecule has 5 nitrogen and oxygen atoms in total. The van der Waals surface area contributed by atoms with E-state index in [1.54, 1.807) is 0 Å². The normalized spacial score (nSPS) is 15.8. The van der Waals surface area contributed by atoms with E-state index in [9.17, 15) is 0 Å². The Morgan fingerprint density at radius 2 is 1.64 bits per heavy atom. The number of piperazine rings is 1. The Labute approximate surface area is 199 Å². The fourth-order valence-corrected chi connectivity index (χ4v) is 5.09. The molecule has 0 unspecified atom stereocenters. The number of hydrogen-bond acceptors (Lipinski definition) is 4. The SMILES string of the molecule is CC.Cc1cccc(N2CCN(CCCc3nnc4n3CCCc3ccccc3-4)CC2)c1C. The lowest BCUT2D eigenvalue weighted by molar-refractivity contribution is 0.254. The minimum atomic E-state index is 1.01.